The number of benzene rings is 1. The van der Waals surface area contributed by atoms with Crippen LogP contribution in [0.25, 0.3) is 0 Å². The molecule has 1 aromatic rings. The van der Waals surface area contributed by atoms with Crippen molar-refractivity contribution in [3.05, 3.63) is 29.8 Å². The number of nitrogens with two attached hydrogens (primary N) is 1. The molecule has 1 atom stereocenters. The third kappa shape index (κ3) is 3.16. The van der Waals surface area contributed by atoms with Gasteiger partial charge in [0.25, 0.3) is 0 Å². The third-order valence-corrected chi connectivity index (χ3v) is 5.47. The van der Waals surface area contributed by atoms with Crippen molar-refractivity contribution in [3.63, 3.8) is 0 Å². The molecule has 0 spiro atoms. The van der Waals surface area contributed by atoms with Crippen molar-refractivity contribution in [1.29, 1.82) is 0 Å². The number of hydrogen-bond acceptors (Lipinski definition) is 3. The van der Waals surface area contributed by atoms with Crippen molar-refractivity contribution in [2.75, 3.05) is 0 Å². The summed E-state index contributed by atoms with van der Waals surface area (Å²) in [6.45, 7) is 4.57. The molecule has 106 valence electrons. The van der Waals surface area contributed by atoms with Crippen molar-refractivity contribution in [3.8, 4) is 0 Å². The van der Waals surface area contributed by atoms with Crippen molar-refractivity contribution < 1.29 is 8.42 Å². The number of sulfonamides is 1. The minimum absolute atomic E-state index is 0.0130. The molecule has 0 aliphatic heterocycles. The average molecular weight is 282 g/mol. The summed E-state index contributed by atoms with van der Waals surface area (Å²) in [5.74, 6) is 0. The van der Waals surface area contributed by atoms with E-state index in [-0.39, 0.29) is 11.5 Å². The zero-order valence-corrected chi connectivity index (χ0v) is 12.3. The first-order valence-corrected chi connectivity index (χ1v) is 8.15. The number of hydrogen-bond donors (Lipinski definition) is 2. The average Bonchev–Trinajstić information content (AvgIpc) is 2.68. The molecule has 0 bridgehead atoms. The fraction of sp³-hybridized carbons (Fsp3) is 0.571. The zero-order chi connectivity index (χ0) is 14.1. The van der Waals surface area contributed by atoms with Gasteiger partial charge >= 0.3 is 0 Å². The maximum Gasteiger partial charge on any atom is 0.240 e. The van der Waals surface area contributed by atoms with E-state index in [1.807, 2.05) is 6.07 Å². The fourth-order valence-corrected chi connectivity index (χ4v) is 4.15. The van der Waals surface area contributed by atoms with Gasteiger partial charge in [0, 0.05) is 12.6 Å². The summed E-state index contributed by atoms with van der Waals surface area (Å²) in [5.41, 5.74) is 6.41. The molecule has 0 amide bonds. The van der Waals surface area contributed by atoms with Gasteiger partial charge in [-0.05, 0) is 36.0 Å². The largest absolute Gasteiger partial charge is 0.326 e. The second kappa shape index (κ2) is 5.23. The Hall–Kier alpha value is -0.910. The second-order valence-corrected chi connectivity index (χ2v) is 7.62. The smallest absolute Gasteiger partial charge is 0.240 e. The van der Waals surface area contributed by atoms with Gasteiger partial charge < -0.3 is 5.73 Å². The van der Waals surface area contributed by atoms with Gasteiger partial charge in [-0.1, -0.05) is 32.4 Å². The van der Waals surface area contributed by atoms with E-state index in [0.717, 1.165) is 24.8 Å². The van der Waals surface area contributed by atoms with Crippen LogP contribution in [-0.2, 0) is 16.6 Å². The van der Waals surface area contributed by atoms with E-state index >= 15 is 0 Å². The van der Waals surface area contributed by atoms with Crippen LogP contribution in [0.2, 0.25) is 0 Å². The lowest BCUT2D eigenvalue weighted by molar-refractivity contribution is 0.313. The molecule has 3 N–H and O–H groups in total. The van der Waals surface area contributed by atoms with Gasteiger partial charge in [0.15, 0.2) is 0 Å². The molecule has 5 heteroatoms. The predicted octanol–water partition coefficient (Wildman–Crippen LogP) is 2.00. The van der Waals surface area contributed by atoms with Crippen LogP contribution in [0.15, 0.2) is 29.2 Å². The van der Waals surface area contributed by atoms with Crippen molar-refractivity contribution in [1.82, 2.24) is 4.72 Å². The molecule has 1 aromatic carbocycles. The molecule has 1 aliphatic rings. The first kappa shape index (κ1) is 14.5. The molecule has 1 saturated carbocycles. The Kier molecular flexibility index (Phi) is 3.99. The first-order chi connectivity index (χ1) is 8.85. The highest BCUT2D eigenvalue weighted by Crippen LogP contribution is 2.37. The molecule has 4 nitrogen and oxygen atoms in total. The minimum Gasteiger partial charge on any atom is -0.326 e. The number of rotatable bonds is 4. The summed E-state index contributed by atoms with van der Waals surface area (Å²) in [6.07, 6.45) is 3.04. The summed E-state index contributed by atoms with van der Waals surface area (Å²) >= 11 is 0. The highest BCUT2D eigenvalue weighted by atomic mass is 32.2. The van der Waals surface area contributed by atoms with Gasteiger partial charge in [-0.15, -0.1) is 0 Å². The Labute approximate surface area is 115 Å². The molecule has 0 heterocycles. The van der Waals surface area contributed by atoms with E-state index < -0.39 is 10.0 Å². The molecule has 1 fully saturated rings. The standard InChI is InChI=1S/C14H22N2O2S/c1-14(2)8-4-7-13(14)16-19(17,18)12-6-3-5-11(9-12)10-15/h3,5-6,9,13,16H,4,7-8,10,15H2,1-2H3. The summed E-state index contributed by atoms with van der Waals surface area (Å²) in [7, 11) is -3.45. The van der Waals surface area contributed by atoms with Crippen molar-refractivity contribution in [2.45, 2.75) is 50.6 Å². The Bertz CT molecular complexity index is 552. The molecule has 0 saturated heterocycles. The summed E-state index contributed by atoms with van der Waals surface area (Å²) < 4.78 is 27.6. The highest BCUT2D eigenvalue weighted by Gasteiger charge is 2.37. The Morgan fingerprint density at radius 3 is 2.74 bits per heavy atom. The van der Waals surface area contributed by atoms with Crippen molar-refractivity contribution >= 4 is 10.0 Å². The predicted molar refractivity (Wildman–Crippen MR) is 76.1 cm³/mol. The molecule has 19 heavy (non-hydrogen) atoms. The van der Waals surface area contributed by atoms with Crippen LogP contribution in [0, 0.1) is 5.41 Å². The SMILES string of the molecule is CC1(C)CCCC1NS(=O)(=O)c1cccc(CN)c1. The lowest BCUT2D eigenvalue weighted by Crippen LogP contribution is -2.41. The summed E-state index contributed by atoms with van der Waals surface area (Å²) in [6, 6.07) is 6.84. The van der Waals surface area contributed by atoms with E-state index in [1.54, 1.807) is 18.2 Å². The Morgan fingerprint density at radius 1 is 1.42 bits per heavy atom. The van der Waals surface area contributed by atoms with Gasteiger partial charge in [0.1, 0.15) is 0 Å². The van der Waals surface area contributed by atoms with Gasteiger partial charge in [-0.2, -0.15) is 0 Å². The second-order valence-electron chi connectivity index (χ2n) is 5.91. The van der Waals surface area contributed by atoms with E-state index in [2.05, 4.69) is 18.6 Å². The van der Waals surface area contributed by atoms with E-state index in [1.165, 1.54) is 0 Å². The maximum atomic E-state index is 12.4. The van der Waals surface area contributed by atoms with Crippen LogP contribution >= 0.6 is 0 Å². The normalized spacial score (nSPS) is 22.6. The quantitative estimate of drug-likeness (QED) is 0.887. The Morgan fingerprint density at radius 2 is 2.16 bits per heavy atom. The number of nitrogens with one attached hydrogen (secondary N) is 1. The molecule has 1 aliphatic carbocycles. The fourth-order valence-electron chi connectivity index (χ4n) is 2.64. The maximum absolute atomic E-state index is 12.4. The lowest BCUT2D eigenvalue weighted by atomic mass is 9.88. The molecule has 2 rings (SSSR count). The zero-order valence-electron chi connectivity index (χ0n) is 11.5. The lowest BCUT2D eigenvalue weighted by Gasteiger charge is -2.27. The molecule has 0 aromatic heterocycles. The van der Waals surface area contributed by atoms with E-state index in [0.29, 0.717) is 11.4 Å². The summed E-state index contributed by atoms with van der Waals surface area (Å²) in [5, 5.41) is 0. The van der Waals surface area contributed by atoms with Gasteiger partial charge in [0.05, 0.1) is 4.90 Å². The molecular formula is C14H22N2O2S. The van der Waals surface area contributed by atoms with Crippen LogP contribution in [0.4, 0.5) is 0 Å². The van der Waals surface area contributed by atoms with E-state index in [9.17, 15) is 8.42 Å². The van der Waals surface area contributed by atoms with Gasteiger partial charge in [-0.3, -0.25) is 0 Å². The molecule has 1 unspecified atom stereocenters. The minimum atomic E-state index is -3.45. The van der Waals surface area contributed by atoms with Crippen LogP contribution in [0.3, 0.4) is 0 Å². The molecule has 0 radical (unpaired) electrons. The van der Waals surface area contributed by atoms with Crippen LogP contribution in [0.5, 0.6) is 0 Å². The Balaban J connectivity index is 2.23. The first-order valence-electron chi connectivity index (χ1n) is 6.66. The van der Waals surface area contributed by atoms with Crippen LogP contribution in [-0.4, -0.2) is 14.5 Å². The topological polar surface area (TPSA) is 72.2 Å². The molecular weight excluding hydrogens is 260 g/mol. The van der Waals surface area contributed by atoms with Gasteiger partial charge in [0.2, 0.25) is 10.0 Å². The van der Waals surface area contributed by atoms with Gasteiger partial charge in [-0.25, -0.2) is 13.1 Å². The van der Waals surface area contributed by atoms with Crippen LogP contribution < -0.4 is 10.5 Å². The monoisotopic (exact) mass is 282 g/mol. The van der Waals surface area contributed by atoms with Crippen molar-refractivity contribution in [2.24, 2.45) is 11.1 Å². The summed E-state index contributed by atoms with van der Waals surface area (Å²) in [4.78, 5) is 0.304. The van der Waals surface area contributed by atoms with E-state index in [4.69, 9.17) is 5.73 Å². The highest BCUT2D eigenvalue weighted by molar-refractivity contribution is 7.89. The third-order valence-electron chi connectivity index (χ3n) is 4.00. The van der Waals surface area contributed by atoms with Crippen LogP contribution in [0.1, 0.15) is 38.7 Å².